The number of hydrogen-bond acceptors (Lipinski definition) is 5. The number of nitrogens with one attached hydrogen (secondary N) is 1. The highest BCUT2D eigenvalue weighted by Crippen LogP contribution is 2.37. The predicted molar refractivity (Wildman–Crippen MR) is 121 cm³/mol. The highest BCUT2D eigenvalue weighted by Gasteiger charge is 2.38. The number of likely N-dealkylation sites (tertiary alicyclic amines) is 2. The van der Waals surface area contributed by atoms with Gasteiger partial charge in [-0.05, 0) is 49.4 Å². The number of aromatic nitrogens is 2. The van der Waals surface area contributed by atoms with Crippen molar-refractivity contribution >= 4 is 17.5 Å². The summed E-state index contributed by atoms with van der Waals surface area (Å²) >= 11 is 0. The summed E-state index contributed by atoms with van der Waals surface area (Å²) in [6, 6.07) is 7.52. The van der Waals surface area contributed by atoms with Crippen LogP contribution in [-0.2, 0) is 11.3 Å². The summed E-state index contributed by atoms with van der Waals surface area (Å²) in [5.41, 5.74) is 1.75. The lowest BCUT2D eigenvalue weighted by atomic mass is 9.82. The molecule has 5 heterocycles. The van der Waals surface area contributed by atoms with E-state index in [-0.39, 0.29) is 17.4 Å². The molecule has 2 bridgehead atoms. The van der Waals surface area contributed by atoms with Gasteiger partial charge in [0.1, 0.15) is 5.69 Å². The summed E-state index contributed by atoms with van der Waals surface area (Å²) < 4.78 is 1.87. The molecule has 0 unspecified atom stereocenters. The first kappa shape index (κ1) is 20.9. The first-order valence-electron chi connectivity index (χ1n) is 11.4. The molecule has 32 heavy (non-hydrogen) atoms. The summed E-state index contributed by atoms with van der Waals surface area (Å²) in [5, 5.41) is 2.77. The van der Waals surface area contributed by atoms with Crippen molar-refractivity contribution in [3.63, 3.8) is 0 Å². The van der Waals surface area contributed by atoms with E-state index >= 15 is 0 Å². The van der Waals surface area contributed by atoms with Crippen molar-refractivity contribution in [1.82, 2.24) is 19.4 Å². The van der Waals surface area contributed by atoms with Crippen LogP contribution >= 0.6 is 0 Å². The van der Waals surface area contributed by atoms with E-state index in [1.807, 2.05) is 15.5 Å². The maximum Gasteiger partial charge on any atom is 0.274 e. The largest absolute Gasteiger partial charge is 0.343 e. The van der Waals surface area contributed by atoms with Crippen molar-refractivity contribution in [2.24, 2.45) is 5.92 Å². The summed E-state index contributed by atoms with van der Waals surface area (Å²) in [4.78, 5) is 45.8. The standard InChI is InChI=1S/C24H29N5O3/c1-16(30)27-10-6-20(7-11-27)28-13-17-12-19(15-28)22-3-2-21(24(32)29(22)14-17)26-23(31)18-4-8-25-9-5-18/h2-5,8-9,17,19-20H,6-7,10-15H2,1H3,(H,26,31)/t17-,19-/m1/s1. The number of anilines is 1. The normalized spacial score (nSPS) is 23.5. The third-order valence-electron chi connectivity index (χ3n) is 7.25. The first-order chi connectivity index (χ1) is 15.5. The van der Waals surface area contributed by atoms with Crippen LogP contribution in [0.15, 0.2) is 41.5 Å². The van der Waals surface area contributed by atoms with Crippen LogP contribution in [0.4, 0.5) is 5.69 Å². The van der Waals surface area contributed by atoms with Gasteiger partial charge in [0.05, 0.1) is 0 Å². The average Bonchev–Trinajstić information content (AvgIpc) is 2.81. The Morgan fingerprint density at radius 3 is 2.50 bits per heavy atom. The van der Waals surface area contributed by atoms with Crippen LogP contribution in [0, 0.1) is 5.92 Å². The molecule has 8 heteroatoms. The molecule has 2 saturated heterocycles. The summed E-state index contributed by atoms with van der Waals surface area (Å²) in [5.74, 6) is 0.616. The lowest BCUT2D eigenvalue weighted by Crippen LogP contribution is -2.53. The third kappa shape index (κ3) is 3.95. The van der Waals surface area contributed by atoms with Gasteiger partial charge >= 0.3 is 0 Å². The van der Waals surface area contributed by atoms with Gasteiger partial charge in [0.25, 0.3) is 11.5 Å². The predicted octanol–water partition coefficient (Wildman–Crippen LogP) is 1.93. The average molecular weight is 436 g/mol. The molecule has 2 aromatic heterocycles. The summed E-state index contributed by atoms with van der Waals surface area (Å²) in [6.45, 7) is 5.94. The van der Waals surface area contributed by atoms with Crippen LogP contribution < -0.4 is 10.9 Å². The summed E-state index contributed by atoms with van der Waals surface area (Å²) in [7, 11) is 0. The molecule has 3 aliphatic heterocycles. The smallest absolute Gasteiger partial charge is 0.274 e. The molecule has 3 aliphatic rings. The van der Waals surface area contributed by atoms with Gasteiger partial charge in [0.2, 0.25) is 5.91 Å². The molecular formula is C24H29N5O3. The van der Waals surface area contributed by atoms with Crippen LogP contribution in [-0.4, -0.2) is 63.4 Å². The zero-order valence-electron chi connectivity index (χ0n) is 18.4. The van der Waals surface area contributed by atoms with Gasteiger partial charge in [0, 0.05) is 75.3 Å². The lowest BCUT2D eigenvalue weighted by molar-refractivity contribution is -0.130. The number of rotatable bonds is 3. The van der Waals surface area contributed by atoms with Gasteiger partial charge in [-0.2, -0.15) is 0 Å². The number of piperidine rings is 2. The van der Waals surface area contributed by atoms with Gasteiger partial charge in [0.15, 0.2) is 0 Å². The Labute approximate surface area is 187 Å². The quantitative estimate of drug-likeness (QED) is 0.796. The molecule has 2 atom stereocenters. The van der Waals surface area contributed by atoms with Crippen LogP contribution in [0.1, 0.15) is 48.2 Å². The van der Waals surface area contributed by atoms with E-state index in [9.17, 15) is 14.4 Å². The first-order valence-corrected chi connectivity index (χ1v) is 11.4. The molecule has 0 radical (unpaired) electrons. The third-order valence-corrected chi connectivity index (χ3v) is 7.25. The van der Waals surface area contributed by atoms with E-state index in [2.05, 4.69) is 15.2 Å². The number of amides is 2. The molecule has 168 valence electrons. The fourth-order valence-electron chi connectivity index (χ4n) is 5.62. The van der Waals surface area contributed by atoms with Crippen molar-refractivity contribution in [1.29, 1.82) is 0 Å². The number of carbonyl (C=O) groups excluding carboxylic acids is 2. The van der Waals surface area contributed by atoms with Crippen LogP contribution in [0.5, 0.6) is 0 Å². The number of hydrogen-bond donors (Lipinski definition) is 1. The van der Waals surface area contributed by atoms with E-state index < -0.39 is 0 Å². The van der Waals surface area contributed by atoms with Gasteiger partial charge in [-0.1, -0.05) is 0 Å². The Hall–Kier alpha value is -3.00. The molecule has 0 aromatic carbocycles. The van der Waals surface area contributed by atoms with Crippen LogP contribution in [0.25, 0.3) is 0 Å². The van der Waals surface area contributed by atoms with Crippen LogP contribution in [0.2, 0.25) is 0 Å². The van der Waals surface area contributed by atoms with Crippen molar-refractivity contribution in [2.75, 3.05) is 31.5 Å². The Balaban J connectivity index is 1.31. The van der Waals surface area contributed by atoms with Crippen molar-refractivity contribution in [2.45, 2.75) is 44.7 Å². The minimum atomic E-state index is -0.302. The van der Waals surface area contributed by atoms with Gasteiger partial charge in [-0.3, -0.25) is 24.3 Å². The molecule has 5 rings (SSSR count). The fraction of sp³-hybridized carbons (Fsp3) is 0.500. The Kier molecular flexibility index (Phi) is 5.55. The molecule has 2 amide bonds. The minimum absolute atomic E-state index is 0.122. The maximum absolute atomic E-state index is 13.2. The molecule has 0 saturated carbocycles. The Morgan fingerprint density at radius 2 is 1.78 bits per heavy atom. The summed E-state index contributed by atoms with van der Waals surface area (Å²) in [6.07, 6.45) is 6.26. The molecule has 8 nitrogen and oxygen atoms in total. The zero-order valence-corrected chi connectivity index (χ0v) is 18.4. The van der Waals surface area contributed by atoms with Gasteiger partial charge in [-0.25, -0.2) is 0 Å². The van der Waals surface area contributed by atoms with E-state index in [1.165, 1.54) is 0 Å². The molecule has 1 N–H and O–H groups in total. The minimum Gasteiger partial charge on any atom is -0.343 e. The number of pyridine rings is 2. The van der Waals surface area contributed by atoms with E-state index in [0.717, 1.165) is 51.1 Å². The zero-order chi connectivity index (χ0) is 22.2. The van der Waals surface area contributed by atoms with Gasteiger partial charge in [-0.15, -0.1) is 0 Å². The monoisotopic (exact) mass is 435 g/mol. The fourth-order valence-corrected chi connectivity index (χ4v) is 5.62. The van der Waals surface area contributed by atoms with E-state index in [1.54, 1.807) is 37.5 Å². The molecule has 2 fully saturated rings. The molecular weight excluding hydrogens is 406 g/mol. The second-order valence-electron chi connectivity index (χ2n) is 9.27. The SMILES string of the molecule is CC(=O)N1CCC(N2C[C@H]3C[C@H](C2)c2ccc(NC(=O)c4ccncc4)c(=O)n2C3)CC1. The highest BCUT2D eigenvalue weighted by molar-refractivity contribution is 6.04. The second kappa shape index (κ2) is 8.50. The van der Waals surface area contributed by atoms with Crippen LogP contribution in [0.3, 0.4) is 0 Å². The molecule has 0 aliphatic carbocycles. The van der Waals surface area contributed by atoms with Crippen molar-refractivity contribution in [3.8, 4) is 0 Å². The topological polar surface area (TPSA) is 87.5 Å². The van der Waals surface area contributed by atoms with E-state index in [4.69, 9.17) is 0 Å². The lowest BCUT2D eigenvalue weighted by Gasteiger charge is -2.47. The molecule has 0 spiro atoms. The van der Waals surface area contributed by atoms with Crippen molar-refractivity contribution < 1.29 is 9.59 Å². The maximum atomic E-state index is 13.2. The number of carbonyl (C=O) groups is 2. The number of nitrogens with zero attached hydrogens (tertiary/aromatic N) is 4. The Morgan fingerprint density at radius 1 is 1.03 bits per heavy atom. The second-order valence-corrected chi connectivity index (χ2v) is 9.27. The highest BCUT2D eigenvalue weighted by atomic mass is 16.2. The van der Waals surface area contributed by atoms with Gasteiger partial charge < -0.3 is 14.8 Å². The van der Waals surface area contributed by atoms with Crippen molar-refractivity contribution in [3.05, 3.63) is 58.3 Å². The molecule has 2 aromatic rings. The Bertz CT molecular complexity index is 1070. The van der Waals surface area contributed by atoms with E-state index in [0.29, 0.717) is 35.7 Å². The number of fused-ring (bicyclic) bond motifs is 4.